The lowest BCUT2D eigenvalue weighted by Gasteiger charge is -2.20. The Morgan fingerprint density at radius 2 is 1.65 bits per heavy atom. The summed E-state index contributed by atoms with van der Waals surface area (Å²) < 4.78 is 9.50. The molecule has 1 heterocycles. The van der Waals surface area contributed by atoms with E-state index >= 15 is 0 Å². The van der Waals surface area contributed by atoms with Gasteiger partial charge < -0.3 is 14.8 Å². The van der Waals surface area contributed by atoms with Gasteiger partial charge in [-0.1, -0.05) is 19.3 Å². The van der Waals surface area contributed by atoms with Crippen molar-refractivity contribution in [3.05, 3.63) is 16.0 Å². The van der Waals surface area contributed by atoms with E-state index in [0.717, 1.165) is 43.4 Å². The summed E-state index contributed by atoms with van der Waals surface area (Å²) in [6.07, 6.45) is 4.95. The maximum Gasteiger partial charge on any atom is 0.348 e. The van der Waals surface area contributed by atoms with Crippen LogP contribution in [-0.4, -0.2) is 32.1 Å². The maximum absolute atomic E-state index is 12.4. The van der Waals surface area contributed by atoms with Gasteiger partial charge in [-0.05, 0) is 25.3 Å². The van der Waals surface area contributed by atoms with Crippen LogP contribution in [0, 0.1) is 12.8 Å². The molecule has 6 nitrogen and oxygen atoms in total. The molecule has 0 bridgehead atoms. The van der Waals surface area contributed by atoms with E-state index in [2.05, 4.69) is 5.32 Å². The van der Waals surface area contributed by atoms with Crippen molar-refractivity contribution in [1.82, 2.24) is 0 Å². The molecule has 0 spiro atoms. The van der Waals surface area contributed by atoms with Gasteiger partial charge in [-0.15, -0.1) is 11.3 Å². The first kappa shape index (κ1) is 17.5. The fourth-order valence-corrected chi connectivity index (χ4v) is 3.93. The van der Waals surface area contributed by atoms with Crippen LogP contribution in [0.15, 0.2) is 0 Å². The summed E-state index contributed by atoms with van der Waals surface area (Å²) in [7, 11) is 2.55. The molecule has 1 amide bonds. The molecule has 1 aliphatic rings. The molecule has 0 saturated heterocycles. The van der Waals surface area contributed by atoms with Crippen molar-refractivity contribution in [3.63, 3.8) is 0 Å². The zero-order chi connectivity index (χ0) is 17.0. The molecule has 2 rings (SSSR count). The minimum Gasteiger partial charge on any atom is -0.465 e. The standard InChI is InChI=1S/C16H21NO5S/c1-9-11(15(19)21-2)14(23-12(9)16(20)22-3)17-13(18)10-7-5-4-6-8-10/h10H,4-8H2,1-3H3,(H,17,18). The zero-order valence-electron chi connectivity index (χ0n) is 13.6. The summed E-state index contributed by atoms with van der Waals surface area (Å²) in [6, 6.07) is 0. The molecule has 0 radical (unpaired) electrons. The van der Waals surface area contributed by atoms with Crippen LogP contribution in [0.1, 0.15) is 57.7 Å². The van der Waals surface area contributed by atoms with Gasteiger partial charge in [-0.2, -0.15) is 0 Å². The van der Waals surface area contributed by atoms with Crippen molar-refractivity contribution in [2.45, 2.75) is 39.0 Å². The van der Waals surface area contributed by atoms with Gasteiger partial charge in [-0.3, -0.25) is 4.79 Å². The van der Waals surface area contributed by atoms with E-state index < -0.39 is 11.9 Å². The molecule has 1 aromatic heterocycles. The molecule has 1 N–H and O–H groups in total. The molecule has 0 atom stereocenters. The second-order valence-corrected chi connectivity index (χ2v) is 6.59. The fourth-order valence-electron chi connectivity index (χ4n) is 2.82. The third-order valence-corrected chi connectivity index (χ3v) is 5.31. The number of ether oxygens (including phenoxy) is 2. The molecular weight excluding hydrogens is 318 g/mol. The number of nitrogens with one attached hydrogen (secondary N) is 1. The predicted octanol–water partition coefficient (Wildman–Crippen LogP) is 3.15. The van der Waals surface area contributed by atoms with E-state index in [-0.39, 0.29) is 17.4 Å². The van der Waals surface area contributed by atoms with Gasteiger partial charge in [0.25, 0.3) is 0 Å². The highest BCUT2D eigenvalue weighted by Gasteiger charge is 2.28. The van der Waals surface area contributed by atoms with Crippen molar-refractivity contribution in [2.24, 2.45) is 5.92 Å². The average Bonchev–Trinajstić information content (AvgIpc) is 2.90. The van der Waals surface area contributed by atoms with Crippen LogP contribution in [0.4, 0.5) is 5.00 Å². The van der Waals surface area contributed by atoms with Crippen molar-refractivity contribution in [3.8, 4) is 0 Å². The van der Waals surface area contributed by atoms with Crippen LogP contribution >= 0.6 is 11.3 Å². The number of methoxy groups -OCH3 is 2. The monoisotopic (exact) mass is 339 g/mol. The van der Waals surface area contributed by atoms with Gasteiger partial charge in [0, 0.05) is 5.92 Å². The topological polar surface area (TPSA) is 81.7 Å². The number of hydrogen-bond acceptors (Lipinski definition) is 6. The number of thiophene rings is 1. The van der Waals surface area contributed by atoms with E-state index in [0.29, 0.717) is 15.4 Å². The van der Waals surface area contributed by atoms with Gasteiger partial charge in [-0.25, -0.2) is 9.59 Å². The largest absolute Gasteiger partial charge is 0.465 e. The van der Waals surface area contributed by atoms with E-state index in [1.165, 1.54) is 14.2 Å². The number of carbonyl (C=O) groups excluding carboxylic acids is 3. The summed E-state index contributed by atoms with van der Waals surface area (Å²) in [6.45, 7) is 1.64. The van der Waals surface area contributed by atoms with Crippen LogP contribution in [-0.2, 0) is 14.3 Å². The van der Waals surface area contributed by atoms with Crippen LogP contribution in [0.5, 0.6) is 0 Å². The number of rotatable bonds is 4. The van der Waals surface area contributed by atoms with Crippen molar-refractivity contribution < 1.29 is 23.9 Å². The highest BCUT2D eigenvalue weighted by atomic mass is 32.1. The third kappa shape index (κ3) is 3.72. The Bertz CT molecular complexity index is 616. The SMILES string of the molecule is COC(=O)c1sc(NC(=O)C2CCCCC2)c(C(=O)OC)c1C. The van der Waals surface area contributed by atoms with Gasteiger partial charge in [0.05, 0.1) is 19.8 Å². The molecule has 1 aromatic rings. The highest BCUT2D eigenvalue weighted by Crippen LogP contribution is 2.35. The molecule has 23 heavy (non-hydrogen) atoms. The quantitative estimate of drug-likeness (QED) is 0.852. The number of amides is 1. The van der Waals surface area contributed by atoms with E-state index in [1.54, 1.807) is 6.92 Å². The molecule has 1 saturated carbocycles. The molecule has 0 aliphatic heterocycles. The number of anilines is 1. The van der Waals surface area contributed by atoms with E-state index in [4.69, 9.17) is 9.47 Å². The summed E-state index contributed by atoms with van der Waals surface area (Å²) in [5.41, 5.74) is 0.690. The van der Waals surface area contributed by atoms with Gasteiger partial charge in [0.2, 0.25) is 5.91 Å². The third-order valence-electron chi connectivity index (χ3n) is 4.12. The fraction of sp³-hybridized carbons (Fsp3) is 0.562. The molecule has 7 heteroatoms. The Kier molecular flexibility index (Phi) is 5.76. The van der Waals surface area contributed by atoms with Crippen LogP contribution in [0.2, 0.25) is 0 Å². The molecule has 126 valence electrons. The number of hydrogen-bond donors (Lipinski definition) is 1. The Labute approximate surface area is 139 Å². The zero-order valence-corrected chi connectivity index (χ0v) is 14.4. The van der Waals surface area contributed by atoms with Crippen molar-refractivity contribution in [2.75, 3.05) is 19.5 Å². The van der Waals surface area contributed by atoms with Gasteiger partial charge in [0.15, 0.2) is 0 Å². The van der Waals surface area contributed by atoms with E-state index in [9.17, 15) is 14.4 Å². The second kappa shape index (κ2) is 7.59. The van der Waals surface area contributed by atoms with Crippen LogP contribution in [0.3, 0.4) is 0 Å². The Hall–Kier alpha value is -1.89. The van der Waals surface area contributed by atoms with Gasteiger partial charge >= 0.3 is 11.9 Å². The lowest BCUT2D eigenvalue weighted by molar-refractivity contribution is -0.120. The number of carbonyl (C=O) groups is 3. The van der Waals surface area contributed by atoms with Crippen molar-refractivity contribution in [1.29, 1.82) is 0 Å². The lowest BCUT2D eigenvalue weighted by Crippen LogP contribution is -2.25. The summed E-state index contributed by atoms with van der Waals surface area (Å²) in [5, 5.41) is 3.16. The van der Waals surface area contributed by atoms with E-state index in [1.807, 2.05) is 0 Å². The summed E-state index contributed by atoms with van der Waals surface area (Å²) >= 11 is 1.05. The Morgan fingerprint density at radius 1 is 1.04 bits per heavy atom. The first-order valence-corrected chi connectivity index (χ1v) is 8.42. The summed E-state index contributed by atoms with van der Waals surface area (Å²) in [5.74, 6) is -1.26. The van der Waals surface area contributed by atoms with Crippen LogP contribution in [0.25, 0.3) is 0 Å². The molecule has 1 aliphatic carbocycles. The first-order chi connectivity index (χ1) is 11.0. The predicted molar refractivity (Wildman–Crippen MR) is 86.9 cm³/mol. The van der Waals surface area contributed by atoms with Crippen molar-refractivity contribution >= 4 is 34.2 Å². The minimum absolute atomic E-state index is 0.0433. The lowest BCUT2D eigenvalue weighted by atomic mass is 9.89. The average molecular weight is 339 g/mol. The smallest absolute Gasteiger partial charge is 0.348 e. The van der Waals surface area contributed by atoms with Crippen LogP contribution < -0.4 is 5.32 Å². The Morgan fingerprint density at radius 3 is 2.22 bits per heavy atom. The van der Waals surface area contributed by atoms with Gasteiger partial charge in [0.1, 0.15) is 9.88 Å². The molecule has 1 fully saturated rings. The maximum atomic E-state index is 12.4. The highest BCUT2D eigenvalue weighted by molar-refractivity contribution is 7.18. The molecule has 0 aromatic carbocycles. The summed E-state index contributed by atoms with van der Waals surface area (Å²) in [4.78, 5) is 36.6. The normalized spacial score (nSPS) is 15.1. The first-order valence-electron chi connectivity index (χ1n) is 7.60. The number of esters is 2. The Balaban J connectivity index is 2.30. The second-order valence-electron chi connectivity index (χ2n) is 5.57. The minimum atomic E-state index is -0.576. The molecule has 0 unspecified atom stereocenters. The molecular formula is C16H21NO5S.